The van der Waals surface area contributed by atoms with Gasteiger partial charge in [0.25, 0.3) is 0 Å². The van der Waals surface area contributed by atoms with Crippen molar-refractivity contribution in [3.63, 3.8) is 0 Å². The van der Waals surface area contributed by atoms with Crippen LogP contribution in [0, 0.1) is 40.4 Å². The second-order valence-electron chi connectivity index (χ2n) is 12.6. The van der Waals surface area contributed by atoms with Crippen LogP contribution in [-0.2, 0) is 14.2 Å². The Morgan fingerprint density at radius 3 is 2.72 bits per heavy atom. The average Bonchev–Trinajstić information content (AvgIpc) is 3.23. The molecule has 2 saturated heterocycles. The van der Waals surface area contributed by atoms with Gasteiger partial charge in [-0.2, -0.15) is 0 Å². The Bertz CT molecular complexity index is 816. The molecule has 0 N–H and O–H groups in total. The van der Waals surface area contributed by atoms with Crippen molar-refractivity contribution in [2.24, 2.45) is 40.4 Å². The van der Waals surface area contributed by atoms with E-state index in [2.05, 4.69) is 26.8 Å². The molecule has 0 unspecified atom stereocenters. The number of hydrogen-bond acceptors (Lipinski definition) is 4. The van der Waals surface area contributed by atoms with Gasteiger partial charge in [-0.1, -0.05) is 32.4 Å². The number of halogens is 1. The molecule has 32 heavy (non-hydrogen) atoms. The van der Waals surface area contributed by atoms with Gasteiger partial charge in [0.05, 0.1) is 12.7 Å². The summed E-state index contributed by atoms with van der Waals surface area (Å²) in [6.45, 7) is 8.23. The Morgan fingerprint density at radius 1 is 1.12 bits per heavy atom. The van der Waals surface area contributed by atoms with Crippen molar-refractivity contribution in [3.8, 4) is 0 Å². The molecule has 0 bridgehead atoms. The zero-order valence-electron chi connectivity index (χ0n) is 19.9. The number of rotatable bonds is 1. The molecule has 0 amide bonds. The zero-order valence-corrected chi connectivity index (χ0v) is 20.7. The van der Waals surface area contributed by atoms with Crippen LogP contribution in [0.25, 0.3) is 0 Å². The number of allylic oxidation sites excluding steroid dienone is 1. The highest BCUT2D eigenvalue weighted by Crippen LogP contribution is 2.69. The Labute approximate surface area is 197 Å². The SMILES string of the molecule is C[C@@H]1CC[C@@]2(C[C@H]3[C@H](C[C@H]4[C@@H]5CC=C6C[C@@H](OC(=O)Cl)CC[C@]6(C)[C@H]5CC[C@@]43C)O2)OC1. The number of fused-ring (bicyclic) bond motifs is 7. The van der Waals surface area contributed by atoms with Gasteiger partial charge < -0.3 is 14.2 Å². The maximum Gasteiger partial charge on any atom is 0.404 e. The van der Waals surface area contributed by atoms with Gasteiger partial charge >= 0.3 is 5.43 Å². The van der Waals surface area contributed by atoms with Crippen LogP contribution in [0.4, 0.5) is 4.79 Å². The minimum absolute atomic E-state index is 0.0432. The summed E-state index contributed by atoms with van der Waals surface area (Å²) in [5, 5.41) is 0. The van der Waals surface area contributed by atoms with Crippen LogP contribution >= 0.6 is 11.6 Å². The summed E-state index contributed by atoms with van der Waals surface area (Å²) in [5.41, 5.74) is 1.50. The van der Waals surface area contributed by atoms with E-state index < -0.39 is 5.43 Å². The standard InChI is InChI=1S/C27H39ClO4/c1-16-6-11-27(30-15-16)14-22-23(32-27)13-21-19-5-4-17-12-18(31-24(28)29)7-9-25(17,2)20(19)8-10-26(21,22)3/h4,16,18-23H,5-15H2,1-3H3/t16-,18+,19-,20+,21+,22+,23+,25+,26+,27-/m1/s1. The molecule has 3 saturated carbocycles. The lowest BCUT2D eigenvalue weighted by molar-refractivity contribution is -0.255. The van der Waals surface area contributed by atoms with Crippen LogP contribution in [0.5, 0.6) is 0 Å². The summed E-state index contributed by atoms with van der Waals surface area (Å²) in [7, 11) is 0. The molecule has 1 spiro atoms. The van der Waals surface area contributed by atoms with Crippen LogP contribution in [0.3, 0.4) is 0 Å². The van der Waals surface area contributed by atoms with Crippen LogP contribution in [0.1, 0.15) is 85.0 Å². The van der Waals surface area contributed by atoms with Crippen LogP contribution < -0.4 is 0 Å². The molecule has 0 radical (unpaired) electrons. The number of carbonyl (C=O) groups excluding carboxylic acids is 1. The first-order chi connectivity index (χ1) is 15.2. The van der Waals surface area contributed by atoms with E-state index in [4.69, 9.17) is 25.8 Å². The minimum atomic E-state index is -0.659. The molecule has 4 nitrogen and oxygen atoms in total. The summed E-state index contributed by atoms with van der Waals surface area (Å²) in [4.78, 5) is 11.3. The van der Waals surface area contributed by atoms with E-state index in [1.807, 2.05) is 0 Å². The predicted molar refractivity (Wildman–Crippen MR) is 123 cm³/mol. The lowest BCUT2D eigenvalue weighted by Gasteiger charge is -2.58. The Hall–Kier alpha value is -0.580. The monoisotopic (exact) mass is 462 g/mol. The van der Waals surface area contributed by atoms with Crippen molar-refractivity contribution in [1.82, 2.24) is 0 Å². The molecule has 0 aromatic rings. The molecule has 2 aliphatic heterocycles. The highest BCUT2D eigenvalue weighted by molar-refractivity contribution is 6.61. The average molecular weight is 463 g/mol. The molecule has 178 valence electrons. The molecular formula is C27H39ClO4. The van der Waals surface area contributed by atoms with Gasteiger partial charge in [-0.3, -0.25) is 0 Å². The zero-order chi connectivity index (χ0) is 22.3. The molecule has 4 aliphatic carbocycles. The lowest BCUT2D eigenvalue weighted by atomic mass is 9.47. The highest BCUT2D eigenvalue weighted by Gasteiger charge is 2.66. The maximum atomic E-state index is 11.3. The first-order valence-electron chi connectivity index (χ1n) is 13.1. The normalized spacial score (nSPS) is 54.2. The molecular weight excluding hydrogens is 424 g/mol. The third kappa shape index (κ3) is 3.18. The molecule has 5 heteroatoms. The van der Waals surface area contributed by atoms with Gasteiger partial charge in [-0.25, -0.2) is 4.79 Å². The van der Waals surface area contributed by atoms with Crippen molar-refractivity contribution in [1.29, 1.82) is 0 Å². The van der Waals surface area contributed by atoms with Crippen molar-refractivity contribution in [2.45, 2.75) is 103 Å². The Morgan fingerprint density at radius 2 is 1.97 bits per heavy atom. The molecule has 6 rings (SSSR count). The number of carbonyl (C=O) groups is 1. The van der Waals surface area contributed by atoms with Gasteiger partial charge in [0.2, 0.25) is 0 Å². The second kappa shape index (κ2) is 7.46. The van der Waals surface area contributed by atoms with Gasteiger partial charge in [-0.05, 0) is 85.4 Å². The van der Waals surface area contributed by atoms with E-state index in [0.29, 0.717) is 23.4 Å². The first kappa shape index (κ1) is 21.9. The number of ether oxygens (including phenoxy) is 3. The highest BCUT2D eigenvalue weighted by atomic mass is 35.5. The Balaban J connectivity index is 1.21. The third-order valence-electron chi connectivity index (χ3n) is 11.1. The summed E-state index contributed by atoms with van der Waals surface area (Å²) in [5.74, 6) is 3.29. The van der Waals surface area contributed by atoms with Crippen molar-refractivity contribution >= 4 is 17.0 Å². The fourth-order valence-corrected chi connectivity index (χ4v) is 9.40. The second-order valence-corrected chi connectivity index (χ2v) is 12.9. The van der Waals surface area contributed by atoms with Gasteiger partial charge in [0.15, 0.2) is 5.79 Å². The summed E-state index contributed by atoms with van der Waals surface area (Å²) < 4.78 is 18.5. The molecule has 2 heterocycles. The van der Waals surface area contributed by atoms with E-state index in [9.17, 15) is 4.79 Å². The molecule has 5 fully saturated rings. The molecule has 0 aromatic carbocycles. The predicted octanol–water partition coefficient (Wildman–Crippen LogP) is 6.85. The molecule has 10 atom stereocenters. The largest absolute Gasteiger partial charge is 0.450 e. The number of hydrogen-bond donors (Lipinski definition) is 0. The van der Waals surface area contributed by atoms with Gasteiger partial charge in [0, 0.05) is 30.9 Å². The van der Waals surface area contributed by atoms with Crippen molar-refractivity contribution in [3.05, 3.63) is 11.6 Å². The van der Waals surface area contributed by atoms with E-state index in [-0.39, 0.29) is 17.3 Å². The van der Waals surface area contributed by atoms with Gasteiger partial charge in [0.1, 0.15) is 6.10 Å². The van der Waals surface area contributed by atoms with Crippen LogP contribution in [0.2, 0.25) is 0 Å². The molecule has 6 aliphatic rings. The quantitative estimate of drug-likeness (QED) is 0.315. The van der Waals surface area contributed by atoms with Crippen molar-refractivity contribution in [2.75, 3.05) is 6.61 Å². The van der Waals surface area contributed by atoms with Crippen LogP contribution in [0.15, 0.2) is 11.6 Å². The van der Waals surface area contributed by atoms with E-state index in [1.165, 1.54) is 37.7 Å². The first-order valence-corrected chi connectivity index (χ1v) is 13.5. The van der Waals surface area contributed by atoms with Crippen molar-refractivity contribution < 1.29 is 19.0 Å². The summed E-state index contributed by atoms with van der Waals surface area (Å²) in [6.07, 6.45) is 14.2. The summed E-state index contributed by atoms with van der Waals surface area (Å²) in [6, 6.07) is 0. The van der Waals surface area contributed by atoms with E-state index >= 15 is 0 Å². The van der Waals surface area contributed by atoms with E-state index in [0.717, 1.165) is 56.5 Å². The van der Waals surface area contributed by atoms with Crippen LogP contribution in [-0.4, -0.2) is 30.0 Å². The topological polar surface area (TPSA) is 44.8 Å². The summed E-state index contributed by atoms with van der Waals surface area (Å²) >= 11 is 5.51. The fraction of sp³-hybridized carbons (Fsp3) is 0.889. The molecule has 0 aromatic heterocycles. The third-order valence-corrected chi connectivity index (χ3v) is 11.2. The fourth-order valence-electron chi connectivity index (χ4n) is 9.27. The lowest BCUT2D eigenvalue weighted by Crippen LogP contribution is -2.51. The Kier molecular flexibility index (Phi) is 5.11. The maximum absolute atomic E-state index is 11.3. The smallest absolute Gasteiger partial charge is 0.404 e. The van der Waals surface area contributed by atoms with Gasteiger partial charge in [-0.15, -0.1) is 0 Å². The minimum Gasteiger partial charge on any atom is -0.450 e. The van der Waals surface area contributed by atoms with E-state index in [1.54, 1.807) is 0 Å².